The number of amides is 1. The van der Waals surface area contributed by atoms with E-state index in [-0.39, 0.29) is 5.91 Å². The minimum Gasteiger partial charge on any atom is -0.326 e. The number of carbonyl (C=O) groups excluding carboxylic acids is 1. The number of amidine groups is 1. The molecule has 0 saturated carbocycles. The highest BCUT2D eigenvalue weighted by Gasteiger charge is 2.04. The van der Waals surface area contributed by atoms with Gasteiger partial charge in [-0.2, -0.15) is 5.10 Å². The molecule has 0 heterocycles. The van der Waals surface area contributed by atoms with Gasteiger partial charge in [0.15, 0.2) is 0 Å². The van der Waals surface area contributed by atoms with E-state index in [2.05, 4.69) is 26.1 Å². The van der Waals surface area contributed by atoms with Gasteiger partial charge in [-0.3, -0.25) is 10.2 Å². The Morgan fingerprint density at radius 2 is 1.41 bits per heavy atom. The van der Waals surface area contributed by atoms with Crippen LogP contribution in [0, 0.1) is 0 Å². The van der Waals surface area contributed by atoms with Crippen molar-refractivity contribution in [1.82, 2.24) is 0 Å². The Hall–Kier alpha value is -3.80. The third-order valence-electron chi connectivity index (χ3n) is 3.54. The van der Waals surface area contributed by atoms with Gasteiger partial charge in [0.1, 0.15) is 0 Å². The Kier molecular flexibility index (Phi) is 6.04. The van der Waals surface area contributed by atoms with Crippen molar-refractivity contribution < 1.29 is 4.79 Å². The summed E-state index contributed by atoms with van der Waals surface area (Å²) < 4.78 is 0. The molecule has 0 saturated heterocycles. The number of hydrogen-bond donors (Lipinski definition) is 2. The smallest absolute Gasteiger partial charge is 0.221 e. The molecule has 2 N–H and O–H groups in total. The molecular formula is C21H19N5O. The highest BCUT2D eigenvalue weighted by Crippen LogP contribution is 2.15. The summed E-state index contributed by atoms with van der Waals surface area (Å²) in [6, 6.07) is 26.3. The maximum atomic E-state index is 11.2. The fourth-order valence-electron chi connectivity index (χ4n) is 2.28. The van der Waals surface area contributed by atoms with Crippen LogP contribution in [-0.4, -0.2) is 11.7 Å². The number of carbonyl (C=O) groups is 1. The van der Waals surface area contributed by atoms with Crippen molar-refractivity contribution in [2.75, 3.05) is 10.7 Å². The lowest BCUT2D eigenvalue weighted by Gasteiger charge is -2.05. The Morgan fingerprint density at radius 3 is 2.04 bits per heavy atom. The average Bonchev–Trinajstić information content (AvgIpc) is 2.70. The van der Waals surface area contributed by atoms with Crippen molar-refractivity contribution in [2.24, 2.45) is 15.3 Å². The summed E-state index contributed by atoms with van der Waals surface area (Å²) in [7, 11) is 0. The van der Waals surface area contributed by atoms with E-state index in [0.29, 0.717) is 11.5 Å². The second kappa shape index (κ2) is 9.05. The monoisotopic (exact) mass is 357 g/mol. The van der Waals surface area contributed by atoms with Gasteiger partial charge in [-0.25, -0.2) is 0 Å². The largest absolute Gasteiger partial charge is 0.326 e. The number of nitrogens with one attached hydrogen (secondary N) is 2. The van der Waals surface area contributed by atoms with Gasteiger partial charge in [0.2, 0.25) is 11.7 Å². The molecule has 0 spiro atoms. The molecule has 0 aliphatic carbocycles. The number of anilines is 2. The predicted octanol–water partition coefficient (Wildman–Crippen LogP) is 5.20. The number of hydrogen-bond acceptors (Lipinski definition) is 4. The Bertz CT molecular complexity index is 935. The third kappa shape index (κ3) is 5.61. The first-order chi connectivity index (χ1) is 13.2. The van der Waals surface area contributed by atoms with Crippen LogP contribution in [0.5, 0.6) is 0 Å². The highest BCUT2D eigenvalue weighted by molar-refractivity contribution is 6.00. The molecule has 134 valence electrons. The Labute approximate surface area is 157 Å². The van der Waals surface area contributed by atoms with Crippen molar-refractivity contribution in [3.8, 4) is 0 Å². The van der Waals surface area contributed by atoms with E-state index >= 15 is 0 Å². The van der Waals surface area contributed by atoms with E-state index in [1.54, 1.807) is 12.1 Å². The molecule has 3 aromatic carbocycles. The molecule has 0 fully saturated rings. The third-order valence-corrected chi connectivity index (χ3v) is 3.54. The molecule has 0 radical (unpaired) electrons. The van der Waals surface area contributed by atoms with Gasteiger partial charge in [-0.05, 0) is 48.5 Å². The fourth-order valence-corrected chi connectivity index (χ4v) is 2.28. The van der Waals surface area contributed by atoms with Crippen molar-refractivity contribution in [1.29, 1.82) is 0 Å². The highest BCUT2D eigenvalue weighted by atomic mass is 16.1. The summed E-state index contributed by atoms with van der Waals surface area (Å²) in [6.45, 7) is 1.47. The summed E-state index contributed by atoms with van der Waals surface area (Å²) in [5.74, 6) is 0.309. The van der Waals surface area contributed by atoms with Crippen molar-refractivity contribution >= 4 is 28.8 Å². The van der Waals surface area contributed by atoms with Gasteiger partial charge >= 0.3 is 0 Å². The van der Waals surface area contributed by atoms with Crippen molar-refractivity contribution in [2.45, 2.75) is 6.92 Å². The van der Waals surface area contributed by atoms with Crippen LogP contribution in [0.3, 0.4) is 0 Å². The first-order valence-corrected chi connectivity index (χ1v) is 8.44. The van der Waals surface area contributed by atoms with Crippen molar-refractivity contribution in [3.63, 3.8) is 0 Å². The first kappa shape index (κ1) is 18.0. The Balaban J connectivity index is 1.86. The van der Waals surface area contributed by atoms with Gasteiger partial charge in [-0.1, -0.05) is 36.4 Å². The van der Waals surface area contributed by atoms with Gasteiger partial charge in [0, 0.05) is 18.2 Å². The maximum absolute atomic E-state index is 11.2. The maximum Gasteiger partial charge on any atom is 0.221 e. The molecule has 0 aliphatic heterocycles. The van der Waals surface area contributed by atoms with E-state index in [1.165, 1.54) is 6.92 Å². The van der Waals surface area contributed by atoms with Crippen LogP contribution in [0.15, 0.2) is 100 Å². The second-order valence-corrected chi connectivity index (χ2v) is 5.71. The van der Waals surface area contributed by atoms with Crippen molar-refractivity contribution in [3.05, 3.63) is 90.5 Å². The lowest BCUT2D eigenvalue weighted by atomic mass is 10.2. The van der Waals surface area contributed by atoms with Gasteiger partial charge in [0.05, 0.1) is 11.4 Å². The van der Waals surface area contributed by atoms with E-state index in [4.69, 9.17) is 0 Å². The number of benzene rings is 3. The van der Waals surface area contributed by atoms with Gasteiger partial charge in [0.25, 0.3) is 0 Å². The SMILES string of the molecule is CC(=O)Nc1ccc(/C(N=Nc2ccccc2)=N\Nc2ccccc2)cc1. The fraction of sp³-hybridized carbons (Fsp3) is 0.0476. The normalized spacial score (nSPS) is 11.4. The zero-order valence-electron chi connectivity index (χ0n) is 14.8. The molecule has 0 atom stereocenters. The minimum absolute atomic E-state index is 0.119. The average molecular weight is 357 g/mol. The van der Waals surface area contributed by atoms with Gasteiger partial charge < -0.3 is 5.32 Å². The van der Waals surface area contributed by atoms with E-state index in [0.717, 1.165) is 16.9 Å². The molecular weight excluding hydrogens is 338 g/mol. The number of nitrogens with zero attached hydrogens (tertiary/aromatic N) is 3. The summed E-state index contributed by atoms with van der Waals surface area (Å²) in [5, 5.41) is 15.7. The Morgan fingerprint density at radius 1 is 0.778 bits per heavy atom. The van der Waals surface area contributed by atoms with E-state index < -0.39 is 0 Å². The predicted molar refractivity (Wildman–Crippen MR) is 108 cm³/mol. The minimum atomic E-state index is -0.119. The molecule has 0 aromatic heterocycles. The van der Waals surface area contributed by atoms with Crippen LogP contribution < -0.4 is 10.7 Å². The number of hydrazone groups is 1. The summed E-state index contributed by atoms with van der Waals surface area (Å²) in [4.78, 5) is 11.2. The van der Waals surface area contributed by atoms with Crippen LogP contribution in [0.4, 0.5) is 17.1 Å². The molecule has 6 heteroatoms. The standard InChI is InChI=1S/C21H19N5O/c1-16(27)22-18-14-12-17(13-15-18)21(25-23-19-8-4-2-5-9-19)26-24-20-10-6-3-7-11-20/h2-15,23H,1H3,(H,22,27)/b25-21+,26-24?. The molecule has 3 aromatic rings. The first-order valence-electron chi connectivity index (χ1n) is 8.44. The lowest BCUT2D eigenvalue weighted by Crippen LogP contribution is -2.06. The van der Waals surface area contributed by atoms with Crippen LogP contribution in [0.1, 0.15) is 12.5 Å². The quantitative estimate of drug-likeness (QED) is 0.285. The number of para-hydroxylation sites is 1. The van der Waals surface area contributed by atoms with Crippen LogP contribution in [-0.2, 0) is 4.79 Å². The molecule has 0 unspecified atom stereocenters. The number of azo groups is 1. The van der Waals surface area contributed by atoms with E-state index in [1.807, 2.05) is 72.8 Å². The summed E-state index contributed by atoms with van der Waals surface area (Å²) in [6.07, 6.45) is 0. The zero-order valence-corrected chi connectivity index (χ0v) is 14.8. The summed E-state index contributed by atoms with van der Waals surface area (Å²) >= 11 is 0. The number of rotatable bonds is 5. The van der Waals surface area contributed by atoms with E-state index in [9.17, 15) is 4.79 Å². The van der Waals surface area contributed by atoms with Crippen LogP contribution in [0.25, 0.3) is 0 Å². The molecule has 3 rings (SSSR count). The topological polar surface area (TPSA) is 78.2 Å². The molecule has 0 aliphatic rings. The summed E-state index contributed by atoms with van der Waals surface area (Å²) in [5.41, 5.74) is 6.05. The van der Waals surface area contributed by atoms with Gasteiger partial charge in [-0.15, -0.1) is 10.2 Å². The molecule has 6 nitrogen and oxygen atoms in total. The molecule has 1 amide bonds. The molecule has 27 heavy (non-hydrogen) atoms. The lowest BCUT2D eigenvalue weighted by molar-refractivity contribution is -0.114. The zero-order chi connectivity index (χ0) is 18.9. The second-order valence-electron chi connectivity index (χ2n) is 5.71. The van der Waals surface area contributed by atoms with Crippen LogP contribution >= 0.6 is 0 Å². The van der Waals surface area contributed by atoms with Crippen LogP contribution in [0.2, 0.25) is 0 Å². The molecule has 0 bridgehead atoms.